The van der Waals surface area contributed by atoms with Gasteiger partial charge in [-0.3, -0.25) is 39.0 Å². The Hall–Kier alpha value is -4.61. The molecule has 0 aromatic heterocycles. The predicted octanol–water partition coefficient (Wildman–Crippen LogP) is 2.11. The first-order valence-electron chi connectivity index (χ1n) is 10.1. The molecule has 12 heteroatoms. The zero-order valence-electron chi connectivity index (χ0n) is 18.2. The number of benzene rings is 2. The Morgan fingerprint density at radius 1 is 1.03 bits per heavy atom. The van der Waals surface area contributed by atoms with Gasteiger partial charge in [-0.1, -0.05) is 6.07 Å². The first-order chi connectivity index (χ1) is 16.1. The van der Waals surface area contributed by atoms with E-state index in [1.54, 1.807) is 24.3 Å². The molecule has 0 saturated heterocycles. The molecule has 2 aromatic carbocycles. The van der Waals surface area contributed by atoms with Gasteiger partial charge in [-0.25, -0.2) is 0 Å². The molecule has 1 atom stereocenters. The van der Waals surface area contributed by atoms with Crippen LogP contribution < -0.4 is 10.6 Å². The number of rotatable bonds is 8. The van der Waals surface area contributed by atoms with Crippen molar-refractivity contribution in [2.45, 2.75) is 26.4 Å². The highest BCUT2D eigenvalue weighted by molar-refractivity contribution is 6.23. The molecule has 0 spiro atoms. The van der Waals surface area contributed by atoms with Gasteiger partial charge < -0.3 is 15.4 Å². The molecule has 0 fully saturated rings. The zero-order valence-corrected chi connectivity index (χ0v) is 18.2. The second kappa shape index (κ2) is 9.90. The van der Waals surface area contributed by atoms with E-state index in [0.717, 1.165) is 11.0 Å². The number of hydrogen-bond acceptors (Lipinski definition) is 8. The van der Waals surface area contributed by atoms with Crippen molar-refractivity contribution in [2.24, 2.45) is 0 Å². The third-order valence-corrected chi connectivity index (χ3v) is 4.86. The molecular weight excluding hydrogens is 448 g/mol. The molecular formula is C22H20N4O8. The third kappa shape index (κ3) is 5.23. The fraction of sp³-hybridized carbons (Fsp3) is 0.227. The van der Waals surface area contributed by atoms with Gasteiger partial charge >= 0.3 is 5.97 Å². The average molecular weight is 468 g/mol. The molecule has 1 heterocycles. The van der Waals surface area contributed by atoms with Crippen LogP contribution in [0.4, 0.5) is 17.1 Å². The highest BCUT2D eigenvalue weighted by Crippen LogP contribution is 2.30. The minimum absolute atomic E-state index is 0.107. The third-order valence-electron chi connectivity index (χ3n) is 4.86. The van der Waals surface area contributed by atoms with Crippen molar-refractivity contribution in [3.05, 3.63) is 63.7 Å². The number of imide groups is 1. The average Bonchev–Trinajstić information content (AvgIpc) is 3.03. The Balaban J connectivity index is 1.53. The lowest BCUT2D eigenvalue weighted by molar-refractivity contribution is -0.385. The summed E-state index contributed by atoms with van der Waals surface area (Å²) >= 11 is 0. The lowest BCUT2D eigenvalue weighted by atomic mass is 10.1. The van der Waals surface area contributed by atoms with Crippen molar-refractivity contribution in [1.29, 1.82) is 0 Å². The number of nitrogens with one attached hydrogen (secondary N) is 2. The molecule has 1 aliphatic heterocycles. The van der Waals surface area contributed by atoms with E-state index >= 15 is 0 Å². The summed E-state index contributed by atoms with van der Waals surface area (Å²) in [4.78, 5) is 71.6. The van der Waals surface area contributed by atoms with Crippen molar-refractivity contribution >= 4 is 46.7 Å². The molecule has 1 aliphatic rings. The number of esters is 1. The molecule has 34 heavy (non-hydrogen) atoms. The minimum atomic E-state index is -1.18. The van der Waals surface area contributed by atoms with E-state index in [1.165, 1.54) is 26.0 Å². The summed E-state index contributed by atoms with van der Waals surface area (Å²) in [5.41, 5.74) is 0.0439. The normalized spacial score (nSPS) is 13.2. The van der Waals surface area contributed by atoms with Gasteiger partial charge in [0.15, 0.2) is 6.10 Å². The van der Waals surface area contributed by atoms with E-state index in [2.05, 4.69) is 10.6 Å². The van der Waals surface area contributed by atoms with Crippen LogP contribution >= 0.6 is 0 Å². The summed E-state index contributed by atoms with van der Waals surface area (Å²) in [7, 11) is 0. The molecule has 0 saturated carbocycles. The molecule has 0 unspecified atom stereocenters. The Bertz CT molecular complexity index is 1190. The lowest BCUT2D eigenvalue weighted by Gasteiger charge is -2.16. The number of hydrogen-bond donors (Lipinski definition) is 2. The van der Waals surface area contributed by atoms with Crippen LogP contribution in [0.1, 0.15) is 41.0 Å². The zero-order chi connectivity index (χ0) is 25.0. The van der Waals surface area contributed by atoms with E-state index in [1.807, 2.05) is 0 Å². The molecule has 4 amide bonds. The van der Waals surface area contributed by atoms with Crippen LogP contribution in [0.3, 0.4) is 0 Å². The fourth-order valence-corrected chi connectivity index (χ4v) is 3.27. The van der Waals surface area contributed by atoms with Crippen LogP contribution in [0, 0.1) is 10.1 Å². The Kier molecular flexibility index (Phi) is 7.00. The number of nitrogens with zero attached hydrogens (tertiary/aromatic N) is 2. The molecule has 0 bridgehead atoms. The Labute approximate surface area is 193 Å². The molecule has 0 aliphatic carbocycles. The van der Waals surface area contributed by atoms with Gasteiger partial charge in [0.1, 0.15) is 5.56 Å². The van der Waals surface area contributed by atoms with Gasteiger partial charge in [0.2, 0.25) is 5.91 Å². The maximum atomic E-state index is 12.5. The molecule has 2 N–H and O–H groups in total. The summed E-state index contributed by atoms with van der Waals surface area (Å²) in [5, 5.41) is 16.3. The summed E-state index contributed by atoms with van der Waals surface area (Å²) in [6.45, 7) is 2.36. The maximum Gasteiger partial charge on any atom is 0.308 e. The van der Waals surface area contributed by atoms with Crippen molar-refractivity contribution in [2.75, 3.05) is 17.2 Å². The van der Waals surface area contributed by atoms with Crippen LogP contribution in [0.15, 0.2) is 42.5 Å². The highest BCUT2D eigenvalue weighted by Gasteiger charge is 2.40. The van der Waals surface area contributed by atoms with Crippen molar-refractivity contribution in [3.8, 4) is 0 Å². The first-order valence-corrected chi connectivity index (χ1v) is 10.1. The Morgan fingerprint density at radius 3 is 2.24 bits per heavy atom. The van der Waals surface area contributed by atoms with Gasteiger partial charge in [0.25, 0.3) is 23.4 Å². The molecule has 3 rings (SSSR count). The van der Waals surface area contributed by atoms with Gasteiger partial charge in [0, 0.05) is 30.9 Å². The first kappa shape index (κ1) is 24.0. The number of fused-ring (bicyclic) bond motifs is 1. The van der Waals surface area contributed by atoms with E-state index in [-0.39, 0.29) is 23.6 Å². The largest absolute Gasteiger partial charge is 0.452 e. The SMILES string of the molecule is CC(=O)Nc1ccc(NC(=O)[C@H](C)OC(=O)CCN2C(=O)c3cccc([N+](=O)[O-])c3C2=O)cc1. The minimum Gasteiger partial charge on any atom is -0.452 e. The van der Waals surface area contributed by atoms with E-state index in [4.69, 9.17) is 4.74 Å². The summed E-state index contributed by atoms with van der Waals surface area (Å²) < 4.78 is 5.06. The number of carbonyl (C=O) groups is 5. The van der Waals surface area contributed by atoms with Crippen LogP contribution in [-0.4, -0.2) is 52.1 Å². The van der Waals surface area contributed by atoms with Crippen molar-refractivity contribution < 1.29 is 33.6 Å². The molecule has 0 radical (unpaired) electrons. The Morgan fingerprint density at radius 2 is 1.65 bits per heavy atom. The monoisotopic (exact) mass is 468 g/mol. The quantitative estimate of drug-likeness (QED) is 0.257. The number of carbonyl (C=O) groups excluding carboxylic acids is 5. The summed E-state index contributed by atoms with van der Waals surface area (Å²) in [6, 6.07) is 10.00. The smallest absolute Gasteiger partial charge is 0.308 e. The fourth-order valence-electron chi connectivity index (χ4n) is 3.27. The molecule has 12 nitrogen and oxygen atoms in total. The van der Waals surface area contributed by atoms with Crippen LogP contribution in [0.5, 0.6) is 0 Å². The lowest BCUT2D eigenvalue weighted by Crippen LogP contribution is -2.34. The van der Waals surface area contributed by atoms with Crippen molar-refractivity contribution in [3.63, 3.8) is 0 Å². The topological polar surface area (TPSA) is 165 Å². The standard InChI is InChI=1S/C22H20N4O8/c1-12(20(29)24-15-8-6-14(7-9-15)23-13(2)27)34-18(28)10-11-25-21(30)16-4-3-5-17(26(32)33)19(16)22(25)31/h3-9,12H,10-11H2,1-2H3,(H,23,27)(H,24,29)/t12-/m0/s1. The van der Waals surface area contributed by atoms with Crippen LogP contribution in [0.25, 0.3) is 0 Å². The number of nitro benzene ring substituents is 1. The van der Waals surface area contributed by atoms with Crippen LogP contribution in [-0.2, 0) is 19.1 Å². The summed E-state index contributed by atoms with van der Waals surface area (Å²) in [5.74, 6) is -3.30. The number of anilines is 2. The van der Waals surface area contributed by atoms with E-state index < -0.39 is 46.8 Å². The maximum absolute atomic E-state index is 12.5. The van der Waals surface area contributed by atoms with Crippen LogP contribution in [0.2, 0.25) is 0 Å². The predicted molar refractivity (Wildman–Crippen MR) is 118 cm³/mol. The number of ether oxygens (including phenoxy) is 1. The van der Waals surface area contributed by atoms with Crippen molar-refractivity contribution in [1.82, 2.24) is 4.90 Å². The second-order valence-electron chi connectivity index (χ2n) is 7.35. The molecule has 2 aromatic rings. The van der Waals surface area contributed by atoms with Gasteiger partial charge in [-0.2, -0.15) is 0 Å². The van der Waals surface area contributed by atoms with E-state index in [9.17, 15) is 34.1 Å². The number of amides is 4. The van der Waals surface area contributed by atoms with Gasteiger partial charge in [-0.15, -0.1) is 0 Å². The second-order valence-corrected chi connectivity index (χ2v) is 7.35. The highest BCUT2D eigenvalue weighted by atomic mass is 16.6. The molecule has 176 valence electrons. The summed E-state index contributed by atoms with van der Waals surface area (Å²) in [6.07, 6.45) is -1.58. The van der Waals surface area contributed by atoms with Gasteiger partial charge in [0.05, 0.1) is 16.9 Å². The number of nitro groups is 1. The van der Waals surface area contributed by atoms with Gasteiger partial charge in [-0.05, 0) is 37.3 Å². The van der Waals surface area contributed by atoms with E-state index in [0.29, 0.717) is 11.4 Å².